The quantitative estimate of drug-likeness (QED) is 0.702. The van der Waals surface area contributed by atoms with Crippen LogP contribution in [0.1, 0.15) is 12.8 Å². The number of nitrogens with zero attached hydrogens (tertiary/aromatic N) is 3. The fourth-order valence-corrected chi connectivity index (χ4v) is 4.09. The molecule has 3 heterocycles. The Morgan fingerprint density at radius 2 is 2.00 bits per heavy atom. The lowest BCUT2D eigenvalue weighted by Gasteiger charge is -2.34. The maximum Gasteiger partial charge on any atom is 0.277 e. The van der Waals surface area contributed by atoms with Crippen molar-refractivity contribution < 1.29 is 18.7 Å². The predicted octanol–water partition coefficient (Wildman–Crippen LogP) is 3.09. The van der Waals surface area contributed by atoms with Crippen LogP contribution in [0.15, 0.2) is 33.9 Å². The molecule has 144 valence electrons. The van der Waals surface area contributed by atoms with E-state index in [1.54, 1.807) is 12.1 Å². The van der Waals surface area contributed by atoms with E-state index in [0.717, 1.165) is 24.9 Å². The monoisotopic (exact) mass is 409 g/mol. The molecule has 0 bridgehead atoms. The number of aromatic nitrogens is 2. The van der Waals surface area contributed by atoms with E-state index in [-0.39, 0.29) is 23.9 Å². The Labute approximate surface area is 166 Å². The number of ether oxygens (including phenoxy) is 2. The zero-order valence-corrected chi connectivity index (χ0v) is 16.2. The van der Waals surface area contributed by atoms with Crippen molar-refractivity contribution in [2.24, 2.45) is 5.92 Å². The first-order valence-electron chi connectivity index (χ1n) is 8.92. The van der Waals surface area contributed by atoms with Crippen LogP contribution >= 0.6 is 23.4 Å². The van der Waals surface area contributed by atoms with Gasteiger partial charge < -0.3 is 18.8 Å². The van der Waals surface area contributed by atoms with Gasteiger partial charge in [-0.25, -0.2) is 0 Å². The SMILES string of the molecule is O=C(CSc1nnc(-c2ccc(Cl)cc2)o1)N1CCC[C@@H](C2OCCO2)C1. The van der Waals surface area contributed by atoms with E-state index >= 15 is 0 Å². The van der Waals surface area contributed by atoms with Gasteiger partial charge in [0.2, 0.25) is 11.8 Å². The van der Waals surface area contributed by atoms with E-state index in [4.69, 9.17) is 25.5 Å². The summed E-state index contributed by atoms with van der Waals surface area (Å²) >= 11 is 7.14. The van der Waals surface area contributed by atoms with Crippen LogP contribution in [0.2, 0.25) is 5.02 Å². The number of piperidine rings is 1. The molecule has 1 atom stereocenters. The number of halogens is 1. The molecule has 0 radical (unpaired) electrons. The second-order valence-electron chi connectivity index (χ2n) is 6.52. The Morgan fingerprint density at radius 3 is 2.78 bits per heavy atom. The molecule has 0 N–H and O–H groups in total. The highest BCUT2D eigenvalue weighted by Gasteiger charge is 2.32. The standard InChI is InChI=1S/C18H20ClN3O4S/c19-14-5-3-12(4-6-14)16-20-21-18(26-16)27-11-15(23)22-7-1-2-13(10-22)17-24-8-9-25-17/h3-6,13,17H,1-2,7-11H2/t13-/m1/s1. The minimum atomic E-state index is -0.175. The van der Waals surface area contributed by atoms with Gasteiger partial charge in [0.1, 0.15) is 0 Å². The van der Waals surface area contributed by atoms with Crippen LogP contribution in [0.25, 0.3) is 11.5 Å². The van der Waals surface area contributed by atoms with Gasteiger partial charge >= 0.3 is 0 Å². The summed E-state index contributed by atoms with van der Waals surface area (Å²) in [5.41, 5.74) is 0.792. The van der Waals surface area contributed by atoms with Crippen LogP contribution in [-0.2, 0) is 14.3 Å². The maximum absolute atomic E-state index is 12.6. The van der Waals surface area contributed by atoms with Crippen LogP contribution < -0.4 is 0 Å². The fourth-order valence-electron chi connectivity index (χ4n) is 3.30. The van der Waals surface area contributed by atoms with Gasteiger partial charge in [0.05, 0.1) is 19.0 Å². The van der Waals surface area contributed by atoms with E-state index in [1.807, 2.05) is 17.0 Å². The van der Waals surface area contributed by atoms with E-state index in [1.165, 1.54) is 11.8 Å². The molecule has 2 aliphatic heterocycles. The average molecular weight is 410 g/mol. The number of benzene rings is 1. The van der Waals surface area contributed by atoms with Gasteiger partial charge in [-0.05, 0) is 37.1 Å². The number of amides is 1. The zero-order chi connectivity index (χ0) is 18.6. The number of rotatable bonds is 5. The highest BCUT2D eigenvalue weighted by Crippen LogP contribution is 2.27. The lowest BCUT2D eigenvalue weighted by Crippen LogP contribution is -2.44. The van der Waals surface area contributed by atoms with Crippen molar-refractivity contribution in [1.82, 2.24) is 15.1 Å². The van der Waals surface area contributed by atoms with Crippen molar-refractivity contribution >= 4 is 29.3 Å². The number of carbonyl (C=O) groups excluding carboxylic acids is 1. The molecule has 2 fully saturated rings. The van der Waals surface area contributed by atoms with E-state index in [2.05, 4.69) is 10.2 Å². The van der Waals surface area contributed by atoms with Crippen molar-refractivity contribution in [2.45, 2.75) is 24.4 Å². The number of hydrogen-bond donors (Lipinski definition) is 0. The third-order valence-electron chi connectivity index (χ3n) is 4.66. The summed E-state index contributed by atoms with van der Waals surface area (Å²) in [6.07, 6.45) is 1.81. The minimum Gasteiger partial charge on any atom is -0.411 e. The molecule has 4 rings (SSSR count). The van der Waals surface area contributed by atoms with Gasteiger partial charge in [-0.3, -0.25) is 4.79 Å². The molecule has 0 spiro atoms. The van der Waals surface area contributed by atoms with Crippen LogP contribution in [0.5, 0.6) is 0 Å². The number of likely N-dealkylation sites (tertiary alicyclic amines) is 1. The first kappa shape index (κ1) is 18.7. The summed E-state index contributed by atoms with van der Waals surface area (Å²) in [4.78, 5) is 14.4. The van der Waals surface area contributed by atoms with E-state index in [0.29, 0.717) is 35.9 Å². The van der Waals surface area contributed by atoms with Gasteiger partial charge in [-0.2, -0.15) is 0 Å². The van der Waals surface area contributed by atoms with Crippen molar-refractivity contribution in [3.63, 3.8) is 0 Å². The van der Waals surface area contributed by atoms with Crippen molar-refractivity contribution in [2.75, 3.05) is 32.1 Å². The first-order valence-corrected chi connectivity index (χ1v) is 10.3. The van der Waals surface area contributed by atoms with Crippen LogP contribution in [0, 0.1) is 5.92 Å². The smallest absolute Gasteiger partial charge is 0.277 e. The van der Waals surface area contributed by atoms with Crippen molar-refractivity contribution in [3.8, 4) is 11.5 Å². The van der Waals surface area contributed by atoms with Crippen molar-refractivity contribution in [3.05, 3.63) is 29.3 Å². The topological polar surface area (TPSA) is 77.7 Å². The molecule has 0 unspecified atom stereocenters. The highest BCUT2D eigenvalue weighted by molar-refractivity contribution is 7.99. The Hall–Kier alpha value is -1.61. The molecule has 2 aromatic rings. The van der Waals surface area contributed by atoms with E-state index in [9.17, 15) is 4.79 Å². The molecular formula is C18H20ClN3O4S. The van der Waals surface area contributed by atoms with Gasteiger partial charge in [0, 0.05) is 29.6 Å². The highest BCUT2D eigenvalue weighted by atomic mass is 35.5. The molecule has 2 aliphatic rings. The average Bonchev–Trinajstić information content (AvgIpc) is 3.39. The van der Waals surface area contributed by atoms with Crippen molar-refractivity contribution in [1.29, 1.82) is 0 Å². The van der Waals surface area contributed by atoms with Gasteiger partial charge in [0.25, 0.3) is 5.22 Å². The summed E-state index contributed by atoms with van der Waals surface area (Å²) in [7, 11) is 0. The van der Waals surface area contributed by atoms with Gasteiger partial charge in [-0.15, -0.1) is 10.2 Å². The molecule has 27 heavy (non-hydrogen) atoms. The summed E-state index contributed by atoms with van der Waals surface area (Å²) < 4.78 is 16.8. The number of carbonyl (C=O) groups is 1. The normalized spacial score (nSPS) is 20.9. The Balaban J connectivity index is 1.30. The zero-order valence-electron chi connectivity index (χ0n) is 14.7. The summed E-state index contributed by atoms with van der Waals surface area (Å²) in [6.45, 7) is 2.71. The number of hydrogen-bond acceptors (Lipinski definition) is 7. The van der Waals surface area contributed by atoms with E-state index < -0.39 is 0 Å². The fraction of sp³-hybridized carbons (Fsp3) is 0.500. The molecule has 1 aromatic carbocycles. The molecule has 1 aromatic heterocycles. The second kappa shape index (κ2) is 8.60. The van der Waals surface area contributed by atoms with Crippen LogP contribution in [0.4, 0.5) is 0 Å². The van der Waals surface area contributed by atoms with Gasteiger partial charge in [0.15, 0.2) is 6.29 Å². The van der Waals surface area contributed by atoms with Crippen LogP contribution in [0.3, 0.4) is 0 Å². The first-order chi connectivity index (χ1) is 13.2. The minimum absolute atomic E-state index is 0.0638. The third kappa shape index (κ3) is 4.63. The Kier molecular flexibility index (Phi) is 5.97. The third-order valence-corrected chi connectivity index (χ3v) is 5.71. The second-order valence-corrected chi connectivity index (χ2v) is 7.88. The molecule has 9 heteroatoms. The lowest BCUT2D eigenvalue weighted by molar-refractivity contribution is -0.136. The molecule has 0 saturated carbocycles. The summed E-state index contributed by atoms with van der Waals surface area (Å²) in [5, 5.41) is 9.07. The molecule has 1 amide bonds. The maximum atomic E-state index is 12.6. The Bertz CT molecular complexity index is 779. The largest absolute Gasteiger partial charge is 0.411 e. The summed E-state index contributed by atoms with van der Waals surface area (Å²) in [5.74, 6) is 0.987. The predicted molar refractivity (Wildman–Crippen MR) is 100 cm³/mol. The molecule has 2 saturated heterocycles. The lowest BCUT2D eigenvalue weighted by atomic mass is 9.97. The Morgan fingerprint density at radius 1 is 1.22 bits per heavy atom. The summed E-state index contributed by atoms with van der Waals surface area (Å²) in [6, 6.07) is 7.16. The van der Waals surface area contributed by atoms with Crippen LogP contribution in [-0.4, -0.2) is 59.4 Å². The number of thioether (sulfide) groups is 1. The van der Waals surface area contributed by atoms with Gasteiger partial charge in [-0.1, -0.05) is 23.4 Å². The molecule has 7 nitrogen and oxygen atoms in total. The molecule has 0 aliphatic carbocycles. The molecular weight excluding hydrogens is 390 g/mol.